The smallest absolute Gasteiger partial charge is 0.222 e. The zero-order valence-corrected chi connectivity index (χ0v) is 19.7. The number of hydrogen-bond donors (Lipinski definition) is 0. The van der Waals surface area contributed by atoms with Crippen molar-refractivity contribution in [3.63, 3.8) is 0 Å². The summed E-state index contributed by atoms with van der Waals surface area (Å²) in [6.45, 7) is 11.1. The van der Waals surface area contributed by atoms with Gasteiger partial charge in [-0.1, -0.05) is 31.0 Å². The number of aromatic nitrogens is 4. The van der Waals surface area contributed by atoms with Crippen molar-refractivity contribution in [3.05, 3.63) is 78.3 Å². The van der Waals surface area contributed by atoms with Crippen molar-refractivity contribution in [2.75, 3.05) is 0 Å². The van der Waals surface area contributed by atoms with Crippen LogP contribution in [-0.2, 0) is 13.1 Å². The molecule has 5 aromatic rings. The van der Waals surface area contributed by atoms with Gasteiger partial charge in [-0.2, -0.15) is 5.10 Å². The molecule has 3 aromatic heterocycles. The van der Waals surface area contributed by atoms with E-state index in [1.165, 1.54) is 31.7 Å². The Morgan fingerprint density at radius 3 is 2.63 bits per heavy atom. The van der Waals surface area contributed by atoms with Crippen LogP contribution in [0.25, 0.3) is 49.0 Å². The molecule has 3 heterocycles. The minimum atomic E-state index is -0.509. The molecular weight excluding hydrogens is 437 g/mol. The van der Waals surface area contributed by atoms with Crippen LogP contribution in [0.2, 0.25) is 0 Å². The molecule has 5 nitrogen and oxygen atoms in total. The van der Waals surface area contributed by atoms with Crippen molar-refractivity contribution >= 4 is 27.5 Å². The fourth-order valence-electron chi connectivity index (χ4n) is 5.54. The predicted molar refractivity (Wildman–Crippen MR) is 138 cm³/mol. The zero-order valence-electron chi connectivity index (χ0n) is 19.7. The standard InChI is InChI=1S/C29H26FN5/c1-3-35-26-11-9-21(14-22(26)16-33-35)29-28(20-8-10-25(31-2)24(30)15-20)23-12-13-34(27(23)17-32-29)18-19-6-4-5-7-19/h8-17,19H,3-7,18H2,1H3. The van der Waals surface area contributed by atoms with E-state index in [0.29, 0.717) is 5.92 Å². The van der Waals surface area contributed by atoms with Gasteiger partial charge in [-0.15, -0.1) is 0 Å². The van der Waals surface area contributed by atoms with E-state index in [0.717, 1.165) is 57.3 Å². The molecular formula is C29H26FN5. The largest absolute Gasteiger partial charge is 0.346 e. The zero-order chi connectivity index (χ0) is 23.9. The van der Waals surface area contributed by atoms with Gasteiger partial charge in [0.2, 0.25) is 5.69 Å². The van der Waals surface area contributed by atoms with Gasteiger partial charge in [0.15, 0.2) is 0 Å². The topological polar surface area (TPSA) is 40.0 Å². The maximum Gasteiger partial charge on any atom is 0.222 e. The highest BCUT2D eigenvalue weighted by atomic mass is 19.1. The molecule has 6 heteroatoms. The quantitative estimate of drug-likeness (QED) is 0.252. The van der Waals surface area contributed by atoms with Crippen molar-refractivity contribution in [1.82, 2.24) is 19.3 Å². The monoisotopic (exact) mass is 463 g/mol. The summed E-state index contributed by atoms with van der Waals surface area (Å²) in [7, 11) is 0. The second kappa shape index (κ2) is 8.66. The normalized spacial score (nSPS) is 14.2. The number of hydrogen-bond acceptors (Lipinski definition) is 2. The van der Waals surface area contributed by atoms with Gasteiger partial charge in [0.25, 0.3) is 0 Å². The Bertz CT molecular complexity index is 1600. The summed E-state index contributed by atoms with van der Waals surface area (Å²) in [6, 6.07) is 13.2. The lowest BCUT2D eigenvalue weighted by atomic mass is 9.95. The van der Waals surface area contributed by atoms with Crippen molar-refractivity contribution in [2.45, 2.75) is 45.7 Å². The molecule has 1 aliphatic carbocycles. The SMILES string of the molecule is [C-]#[N+]c1ccc(-c2c(-c3ccc4c(cnn4CC)c3)ncc3c2ccn3CC2CCCC2)cc1F. The summed E-state index contributed by atoms with van der Waals surface area (Å²) in [4.78, 5) is 8.24. The fourth-order valence-corrected chi connectivity index (χ4v) is 5.54. The van der Waals surface area contributed by atoms with Gasteiger partial charge < -0.3 is 4.57 Å². The minimum Gasteiger partial charge on any atom is -0.346 e. The number of pyridine rings is 1. The van der Waals surface area contributed by atoms with Crippen molar-refractivity contribution in [2.24, 2.45) is 5.92 Å². The third-order valence-corrected chi connectivity index (χ3v) is 7.33. The molecule has 1 saturated carbocycles. The van der Waals surface area contributed by atoms with E-state index in [2.05, 4.69) is 51.9 Å². The summed E-state index contributed by atoms with van der Waals surface area (Å²) < 4.78 is 19.0. The van der Waals surface area contributed by atoms with Gasteiger partial charge in [0.1, 0.15) is 5.82 Å². The molecule has 0 aliphatic heterocycles. The molecule has 0 N–H and O–H groups in total. The van der Waals surface area contributed by atoms with Crippen molar-refractivity contribution in [3.8, 4) is 22.4 Å². The Hall–Kier alpha value is -3.98. The first-order valence-corrected chi connectivity index (χ1v) is 12.3. The molecule has 0 unspecified atom stereocenters. The number of halogens is 1. The Kier molecular flexibility index (Phi) is 5.33. The van der Waals surface area contributed by atoms with Crippen LogP contribution in [0.3, 0.4) is 0 Å². The minimum absolute atomic E-state index is 0.0302. The van der Waals surface area contributed by atoms with E-state index in [-0.39, 0.29) is 5.69 Å². The molecule has 0 bridgehead atoms. The Labute approximate surface area is 203 Å². The fraction of sp³-hybridized carbons (Fsp3) is 0.276. The van der Waals surface area contributed by atoms with E-state index in [9.17, 15) is 4.39 Å². The van der Waals surface area contributed by atoms with Gasteiger partial charge in [-0.3, -0.25) is 9.67 Å². The van der Waals surface area contributed by atoms with Crippen LogP contribution >= 0.6 is 0 Å². The van der Waals surface area contributed by atoms with Crippen LogP contribution < -0.4 is 0 Å². The van der Waals surface area contributed by atoms with Crippen LogP contribution in [-0.4, -0.2) is 19.3 Å². The molecule has 0 amide bonds. The molecule has 0 radical (unpaired) electrons. The molecule has 0 saturated heterocycles. The number of benzene rings is 2. The first kappa shape index (κ1) is 21.5. The van der Waals surface area contributed by atoms with Gasteiger partial charge in [-0.25, -0.2) is 9.24 Å². The van der Waals surface area contributed by atoms with E-state index in [4.69, 9.17) is 11.6 Å². The van der Waals surface area contributed by atoms with Gasteiger partial charge in [-0.05, 0) is 55.5 Å². The van der Waals surface area contributed by atoms with E-state index in [1.54, 1.807) is 6.07 Å². The highest BCUT2D eigenvalue weighted by molar-refractivity contribution is 6.02. The lowest BCUT2D eigenvalue weighted by Crippen LogP contribution is -2.06. The third kappa shape index (κ3) is 3.68. The average Bonchev–Trinajstić information content (AvgIpc) is 3.63. The predicted octanol–water partition coefficient (Wildman–Crippen LogP) is 7.62. The molecule has 1 aliphatic rings. The highest BCUT2D eigenvalue weighted by Gasteiger charge is 2.20. The molecule has 174 valence electrons. The van der Waals surface area contributed by atoms with E-state index in [1.807, 2.05) is 23.1 Å². The van der Waals surface area contributed by atoms with Crippen LogP contribution in [0, 0.1) is 18.3 Å². The van der Waals surface area contributed by atoms with E-state index >= 15 is 0 Å². The first-order chi connectivity index (χ1) is 17.2. The molecule has 0 atom stereocenters. The lowest BCUT2D eigenvalue weighted by molar-refractivity contribution is 0.466. The van der Waals surface area contributed by atoms with E-state index < -0.39 is 5.82 Å². The summed E-state index contributed by atoms with van der Waals surface area (Å²) in [5.74, 6) is 0.187. The van der Waals surface area contributed by atoms with Crippen LogP contribution in [0.4, 0.5) is 10.1 Å². The maximum absolute atomic E-state index is 14.7. The summed E-state index contributed by atoms with van der Waals surface area (Å²) >= 11 is 0. The highest BCUT2D eigenvalue weighted by Crippen LogP contribution is 2.39. The summed E-state index contributed by atoms with van der Waals surface area (Å²) in [5, 5.41) is 6.57. The Morgan fingerprint density at radius 2 is 1.86 bits per heavy atom. The average molecular weight is 464 g/mol. The van der Waals surface area contributed by atoms with Gasteiger partial charge in [0, 0.05) is 41.2 Å². The first-order valence-electron chi connectivity index (χ1n) is 12.3. The molecule has 1 fully saturated rings. The van der Waals surface area contributed by atoms with Crippen molar-refractivity contribution < 1.29 is 4.39 Å². The third-order valence-electron chi connectivity index (χ3n) is 7.33. The number of rotatable bonds is 5. The van der Waals surface area contributed by atoms with Gasteiger partial charge in [0.05, 0.1) is 35.7 Å². The number of aryl methyl sites for hydroxylation is 1. The van der Waals surface area contributed by atoms with Crippen LogP contribution in [0.1, 0.15) is 32.6 Å². The van der Waals surface area contributed by atoms with Crippen LogP contribution in [0.15, 0.2) is 61.1 Å². The molecule has 0 spiro atoms. The molecule has 2 aromatic carbocycles. The van der Waals surface area contributed by atoms with Crippen LogP contribution in [0.5, 0.6) is 0 Å². The Morgan fingerprint density at radius 1 is 1.03 bits per heavy atom. The summed E-state index contributed by atoms with van der Waals surface area (Å²) in [5.41, 5.74) is 5.55. The summed E-state index contributed by atoms with van der Waals surface area (Å²) in [6.07, 6.45) is 11.1. The Balaban J connectivity index is 1.55. The van der Waals surface area contributed by atoms with Gasteiger partial charge >= 0.3 is 0 Å². The maximum atomic E-state index is 14.7. The number of nitrogens with zero attached hydrogens (tertiary/aromatic N) is 5. The lowest BCUT2D eigenvalue weighted by Gasteiger charge is -2.15. The molecule has 6 rings (SSSR count). The second-order valence-electron chi connectivity index (χ2n) is 9.41. The van der Waals surface area contributed by atoms with Crippen molar-refractivity contribution in [1.29, 1.82) is 0 Å². The number of fused-ring (bicyclic) bond motifs is 2. The molecule has 35 heavy (non-hydrogen) atoms. The second-order valence-corrected chi connectivity index (χ2v) is 9.41.